The second kappa shape index (κ2) is 6.82. The van der Waals surface area contributed by atoms with Gasteiger partial charge in [0.25, 0.3) is 5.88 Å². The minimum atomic E-state index is -0.299. The largest absolute Gasteiger partial charge is 0.488 e. The van der Waals surface area contributed by atoms with Crippen LogP contribution < -0.4 is 20.1 Å². The molecule has 0 saturated heterocycles. The Hall–Kier alpha value is -2.70. The number of aryl methyl sites for hydroxylation is 2. The maximum absolute atomic E-state index is 12.2. The summed E-state index contributed by atoms with van der Waals surface area (Å²) in [7, 11) is 3.33. The second-order valence-electron chi connectivity index (χ2n) is 5.81. The van der Waals surface area contributed by atoms with Crippen LogP contribution in [0.5, 0.6) is 11.6 Å². The first-order valence-corrected chi connectivity index (χ1v) is 7.95. The lowest BCUT2D eigenvalue weighted by atomic mass is 10.0. The van der Waals surface area contributed by atoms with Crippen molar-refractivity contribution in [1.82, 2.24) is 15.1 Å². The van der Waals surface area contributed by atoms with E-state index in [9.17, 15) is 4.79 Å². The van der Waals surface area contributed by atoms with Crippen LogP contribution in [0.25, 0.3) is 0 Å². The number of nitrogens with zero attached hydrogens (tertiary/aromatic N) is 2. The van der Waals surface area contributed by atoms with Crippen LogP contribution in [0.4, 0.5) is 10.5 Å². The first kappa shape index (κ1) is 16.2. The van der Waals surface area contributed by atoms with Crippen molar-refractivity contribution < 1.29 is 14.3 Å². The van der Waals surface area contributed by atoms with Crippen LogP contribution in [-0.2, 0) is 13.5 Å². The van der Waals surface area contributed by atoms with Gasteiger partial charge in [-0.2, -0.15) is 0 Å². The minimum absolute atomic E-state index is 0.0254. The Morgan fingerprint density at radius 1 is 1.46 bits per heavy atom. The van der Waals surface area contributed by atoms with E-state index in [1.807, 2.05) is 25.1 Å². The Labute approximate surface area is 140 Å². The third-order valence-electron chi connectivity index (χ3n) is 4.23. The number of carbonyl (C=O) groups excluding carboxylic acids is 1. The van der Waals surface area contributed by atoms with Crippen LogP contribution >= 0.6 is 0 Å². The zero-order valence-corrected chi connectivity index (χ0v) is 14.1. The smallest absolute Gasteiger partial charge is 0.319 e. The highest BCUT2D eigenvalue weighted by atomic mass is 16.5. The number of carbonyl (C=O) groups is 1. The summed E-state index contributed by atoms with van der Waals surface area (Å²) in [5, 5.41) is 9.83. The summed E-state index contributed by atoms with van der Waals surface area (Å²) in [6.45, 7) is 2.31. The van der Waals surface area contributed by atoms with Gasteiger partial charge in [-0.1, -0.05) is 18.2 Å². The van der Waals surface area contributed by atoms with Crippen LogP contribution in [0.3, 0.4) is 0 Å². The predicted molar refractivity (Wildman–Crippen MR) is 90.7 cm³/mol. The number of methoxy groups -OCH3 is 1. The van der Waals surface area contributed by atoms with E-state index >= 15 is 0 Å². The Kier molecular flexibility index (Phi) is 4.59. The summed E-state index contributed by atoms with van der Waals surface area (Å²) in [4.78, 5) is 12.2. The molecule has 7 nitrogen and oxygen atoms in total. The average Bonchev–Trinajstić information content (AvgIpc) is 2.87. The van der Waals surface area contributed by atoms with E-state index in [-0.39, 0.29) is 12.1 Å². The monoisotopic (exact) mass is 330 g/mol. The number of hydrogen-bond acceptors (Lipinski definition) is 4. The molecule has 0 bridgehead atoms. The Morgan fingerprint density at radius 3 is 3.04 bits per heavy atom. The highest BCUT2D eigenvalue weighted by Gasteiger charge is 2.21. The number of amides is 2. The van der Waals surface area contributed by atoms with Gasteiger partial charge in [0.2, 0.25) is 0 Å². The zero-order chi connectivity index (χ0) is 17.1. The second-order valence-corrected chi connectivity index (χ2v) is 5.81. The van der Waals surface area contributed by atoms with E-state index in [1.54, 1.807) is 11.7 Å². The highest BCUT2D eigenvalue weighted by molar-refractivity contribution is 5.91. The average molecular weight is 330 g/mol. The predicted octanol–water partition coefficient (Wildman–Crippen LogP) is 2.25. The molecule has 128 valence electrons. The lowest BCUT2D eigenvalue weighted by Gasteiger charge is -2.26. The van der Waals surface area contributed by atoms with E-state index in [0.29, 0.717) is 18.1 Å². The molecular weight excluding hydrogens is 308 g/mol. The normalized spacial score (nSPS) is 16.0. The zero-order valence-electron chi connectivity index (χ0n) is 14.1. The number of anilines is 1. The molecule has 0 saturated carbocycles. The lowest BCUT2D eigenvalue weighted by Crippen LogP contribution is -2.39. The summed E-state index contributed by atoms with van der Waals surface area (Å²) >= 11 is 0. The molecule has 0 spiro atoms. The molecule has 0 radical (unpaired) electrons. The quantitative estimate of drug-likeness (QED) is 0.901. The van der Waals surface area contributed by atoms with Gasteiger partial charge in [0.05, 0.1) is 19.3 Å². The maximum Gasteiger partial charge on any atom is 0.319 e. The molecule has 1 atom stereocenters. The molecule has 1 aliphatic rings. The summed E-state index contributed by atoms with van der Waals surface area (Å²) < 4.78 is 12.8. The molecule has 0 fully saturated rings. The molecule has 2 heterocycles. The van der Waals surface area contributed by atoms with E-state index < -0.39 is 0 Å². The van der Waals surface area contributed by atoms with Crippen molar-refractivity contribution in [3.05, 3.63) is 35.5 Å². The van der Waals surface area contributed by atoms with Crippen LogP contribution in [0, 0.1) is 6.92 Å². The SMILES string of the molecule is COc1nn(C)c(C)c1NC(=O)NC[C@H]1CCc2ccccc2O1. The Morgan fingerprint density at radius 2 is 2.25 bits per heavy atom. The first-order chi connectivity index (χ1) is 11.6. The van der Waals surface area contributed by atoms with Gasteiger partial charge in [0.1, 0.15) is 17.5 Å². The van der Waals surface area contributed by atoms with Gasteiger partial charge in [0, 0.05) is 7.05 Å². The van der Waals surface area contributed by atoms with Crippen molar-refractivity contribution >= 4 is 11.7 Å². The third-order valence-corrected chi connectivity index (χ3v) is 4.23. The topological polar surface area (TPSA) is 77.4 Å². The van der Waals surface area contributed by atoms with E-state index in [4.69, 9.17) is 9.47 Å². The number of fused-ring (bicyclic) bond motifs is 1. The number of para-hydroxylation sites is 1. The standard InChI is InChI=1S/C17H22N4O3/c1-11-15(16(23-3)20-21(11)2)19-17(22)18-10-13-9-8-12-6-4-5-7-14(12)24-13/h4-7,13H,8-10H2,1-3H3,(H2,18,19,22)/t13-/m1/s1. The molecule has 2 N–H and O–H groups in total. The van der Waals surface area contributed by atoms with Gasteiger partial charge in [0.15, 0.2) is 0 Å². The number of hydrogen-bond donors (Lipinski definition) is 2. The van der Waals surface area contributed by atoms with Crippen LogP contribution in [0.15, 0.2) is 24.3 Å². The van der Waals surface area contributed by atoms with Gasteiger partial charge < -0.3 is 20.1 Å². The van der Waals surface area contributed by atoms with Gasteiger partial charge in [-0.05, 0) is 31.4 Å². The Bertz CT molecular complexity index is 741. The summed E-state index contributed by atoms with van der Waals surface area (Å²) in [5.74, 6) is 1.30. The lowest BCUT2D eigenvalue weighted by molar-refractivity contribution is 0.171. The van der Waals surface area contributed by atoms with Crippen molar-refractivity contribution in [3.8, 4) is 11.6 Å². The molecule has 2 aromatic rings. The van der Waals surface area contributed by atoms with Crippen molar-refractivity contribution in [1.29, 1.82) is 0 Å². The summed E-state index contributed by atoms with van der Waals surface area (Å²) in [6.07, 6.45) is 1.81. The number of nitrogens with one attached hydrogen (secondary N) is 2. The molecule has 24 heavy (non-hydrogen) atoms. The van der Waals surface area contributed by atoms with Crippen LogP contribution in [0.1, 0.15) is 17.7 Å². The molecule has 7 heteroatoms. The number of ether oxygens (including phenoxy) is 2. The highest BCUT2D eigenvalue weighted by Crippen LogP contribution is 2.27. The van der Waals surface area contributed by atoms with Crippen molar-refractivity contribution in [2.75, 3.05) is 19.0 Å². The third kappa shape index (κ3) is 3.29. The van der Waals surface area contributed by atoms with E-state index in [2.05, 4.69) is 21.8 Å². The fourth-order valence-corrected chi connectivity index (χ4v) is 2.75. The van der Waals surface area contributed by atoms with Crippen molar-refractivity contribution in [2.24, 2.45) is 7.05 Å². The first-order valence-electron chi connectivity index (χ1n) is 7.95. The molecule has 1 aromatic carbocycles. The number of aromatic nitrogens is 2. The van der Waals surface area contributed by atoms with Crippen molar-refractivity contribution in [3.63, 3.8) is 0 Å². The molecule has 2 amide bonds. The molecule has 1 aliphatic heterocycles. The number of benzene rings is 1. The molecular formula is C17H22N4O3. The molecule has 1 aromatic heterocycles. The van der Waals surface area contributed by atoms with Gasteiger partial charge in [-0.3, -0.25) is 4.68 Å². The van der Waals surface area contributed by atoms with Gasteiger partial charge in [-0.25, -0.2) is 4.79 Å². The van der Waals surface area contributed by atoms with E-state index in [0.717, 1.165) is 24.3 Å². The summed E-state index contributed by atoms with van der Waals surface area (Å²) in [5.41, 5.74) is 2.62. The van der Waals surface area contributed by atoms with Crippen LogP contribution in [-0.4, -0.2) is 35.6 Å². The maximum atomic E-state index is 12.2. The van der Waals surface area contributed by atoms with Crippen molar-refractivity contribution in [2.45, 2.75) is 25.9 Å². The van der Waals surface area contributed by atoms with Gasteiger partial charge >= 0.3 is 6.03 Å². The Balaban J connectivity index is 1.55. The van der Waals surface area contributed by atoms with Gasteiger partial charge in [-0.15, -0.1) is 5.10 Å². The van der Waals surface area contributed by atoms with E-state index in [1.165, 1.54) is 12.7 Å². The molecule has 0 aliphatic carbocycles. The fourth-order valence-electron chi connectivity index (χ4n) is 2.75. The fraction of sp³-hybridized carbons (Fsp3) is 0.412. The van der Waals surface area contributed by atoms with Crippen LogP contribution in [0.2, 0.25) is 0 Å². The number of rotatable bonds is 4. The molecule has 0 unspecified atom stereocenters. The minimum Gasteiger partial charge on any atom is -0.488 e. The molecule has 3 rings (SSSR count). The number of urea groups is 1. The summed E-state index contributed by atoms with van der Waals surface area (Å²) in [6, 6.07) is 7.71.